The summed E-state index contributed by atoms with van der Waals surface area (Å²) in [6.45, 7) is 0. The average Bonchev–Trinajstić information content (AvgIpc) is 3.02. The lowest BCUT2D eigenvalue weighted by molar-refractivity contribution is 0.104. The highest BCUT2D eigenvalue weighted by Gasteiger charge is 2.34. The Bertz CT molecular complexity index is 1480. The quantitative estimate of drug-likeness (QED) is 0.477. The number of hydrogen-bond acceptors (Lipinski definition) is 5. The van der Waals surface area contributed by atoms with Gasteiger partial charge in [-0.15, -0.1) is 0 Å². The summed E-state index contributed by atoms with van der Waals surface area (Å²) in [5, 5.41) is 9.89. The van der Waals surface area contributed by atoms with Gasteiger partial charge in [0, 0.05) is 30.8 Å². The summed E-state index contributed by atoms with van der Waals surface area (Å²) in [5.74, 6) is -0.150. The van der Waals surface area contributed by atoms with Crippen molar-refractivity contribution in [3.8, 4) is 28.1 Å². The second-order valence-electron chi connectivity index (χ2n) is 7.04. The first-order chi connectivity index (χ1) is 13.9. The zero-order valence-electron chi connectivity index (χ0n) is 15.6. The van der Waals surface area contributed by atoms with E-state index >= 15 is 0 Å². The van der Waals surface area contributed by atoms with E-state index in [0.717, 1.165) is 4.57 Å². The van der Waals surface area contributed by atoms with Crippen LogP contribution in [0.4, 0.5) is 0 Å². The fraction of sp³-hybridized carbons (Fsp3) is 0.0909. The first-order valence-electron chi connectivity index (χ1n) is 8.97. The van der Waals surface area contributed by atoms with Gasteiger partial charge >= 0.3 is 5.69 Å². The summed E-state index contributed by atoms with van der Waals surface area (Å²) in [6, 6.07) is 13.4. The topological polar surface area (TPSA) is 94.2 Å². The highest BCUT2D eigenvalue weighted by Crippen LogP contribution is 2.42. The van der Waals surface area contributed by atoms with Gasteiger partial charge in [-0.05, 0) is 17.7 Å². The molecule has 0 amide bonds. The first kappa shape index (κ1) is 17.1. The number of phenolic OH excluding ortho intramolecular Hbond substituents is 1. The Morgan fingerprint density at radius 1 is 0.828 bits per heavy atom. The van der Waals surface area contributed by atoms with Gasteiger partial charge in [-0.2, -0.15) is 0 Å². The summed E-state index contributed by atoms with van der Waals surface area (Å²) < 4.78 is 2.32. The van der Waals surface area contributed by atoms with Crippen LogP contribution in [0.25, 0.3) is 33.4 Å². The van der Waals surface area contributed by atoms with Gasteiger partial charge in [0.2, 0.25) is 0 Å². The number of benzene rings is 2. The molecule has 0 unspecified atom stereocenters. The monoisotopic (exact) mass is 385 g/mol. The van der Waals surface area contributed by atoms with E-state index in [1.807, 2.05) is 6.07 Å². The number of hydrogen-bond donors (Lipinski definition) is 1. The minimum atomic E-state index is -0.523. The maximum Gasteiger partial charge on any atom is 0.332 e. The van der Waals surface area contributed by atoms with Crippen LogP contribution < -0.4 is 11.2 Å². The molecule has 2 aromatic heterocycles. The fourth-order valence-corrected chi connectivity index (χ4v) is 3.94. The third kappa shape index (κ3) is 2.18. The number of phenols is 1. The number of fused-ring (bicyclic) bond motifs is 4. The number of ketones is 1. The molecule has 0 saturated carbocycles. The van der Waals surface area contributed by atoms with Crippen molar-refractivity contribution >= 4 is 16.8 Å². The van der Waals surface area contributed by atoms with Crippen LogP contribution >= 0.6 is 0 Å². The first-order valence-corrected chi connectivity index (χ1v) is 8.97. The molecular weight excluding hydrogens is 370 g/mol. The minimum Gasteiger partial charge on any atom is -0.508 e. The van der Waals surface area contributed by atoms with Crippen molar-refractivity contribution in [2.45, 2.75) is 0 Å². The molecule has 0 atom stereocenters. The van der Waals surface area contributed by atoms with Crippen LogP contribution in [0.5, 0.6) is 5.75 Å². The highest BCUT2D eigenvalue weighted by molar-refractivity contribution is 6.26. The molecule has 0 spiro atoms. The Kier molecular flexibility index (Phi) is 3.39. The highest BCUT2D eigenvalue weighted by atomic mass is 16.3. The molecule has 1 aliphatic rings. The number of rotatable bonds is 1. The normalized spacial score (nSPS) is 12.3. The van der Waals surface area contributed by atoms with E-state index in [0.29, 0.717) is 33.5 Å². The lowest BCUT2D eigenvalue weighted by Gasteiger charge is -2.14. The number of aryl methyl sites for hydroxylation is 1. The zero-order chi connectivity index (χ0) is 20.4. The van der Waals surface area contributed by atoms with Crippen LogP contribution in [-0.4, -0.2) is 25.0 Å². The van der Waals surface area contributed by atoms with E-state index in [-0.39, 0.29) is 22.6 Å². The van der Waals surface area contributed by atoms with E-state index in [1.165, 1.54) is 23.7 Å². The van der Waals surface area contributed by atoms with E-state index in [2.05, 4.69) is 4.98 Å². The molecule has 1 aliphatic carbocycles. The predicted octanol–water partition coefficient (Wildman–Crippen LogP) is 2.22. The van der Waals surface area contributed by atoms with Gasteiger partial charge < -0.3 is 5.11 Å². The van der Waals surface area contributed by atoms with Crippen LogP contribution in [0.3, 0.4) is 0 Å². The van der Waals surface area contributed by atoms with Crippen LogP contribution in [-0.2, 0) is 14.1 Å². The summed E-state index contributed by atoms with van der Waals surface area (Å²) in [5.41, 5.74) is 2.16. The molecule has 2 heterocycles. The lowest BCUT2D eigenvalue weighted by atomic mass is 9.95. The predicted molar refractivity (Wildman–Crippen MR) is 108 cm³/mol. The van der Waals surface area contributed by atoms with Crippen molar-refractivity contribution < 1.29 is 9.90 Å². The van der Waals surface area contributed by atoms with Crippen molar-refractivity contribution in [3.05, 3.63) is 80.5 Å². The Morgan fingerprint density at radius 2 is 1.48 bits per heavy atom. The van der Waals surface area contributed by atoms with Crippen molar-refractivity contribution in [1.82, 2.24) is 14.1 Å². The summed E-state index contributed by atoms with van der Waals surface area (Å²) in [6.07, 6.45) is 0. The Balaban J connectivity index is 2.07. The molecule has 0 bridgehead atoms. The maximum atomic E-state index is 13.3. The molecule has 29 heavy (non-hydrogen) atoms. The van der Waals surface area contributed by atoms with Crippen molar-refractivity contribution in [2.75, 3.05) is 0 Å². The standard InChI is InChI=1S/C22H15N3O4/c1-24-20-17(21(28)25(2)22(24)29)15(11-7-9-12(26)10-8-11)16-18(23-20)13-5-3-4-6-14(13)19(16)27/h3-10,26H,1-2H3. The number of carbonyl (C=O) groups is 1. The zero-order valence-corrected chi connectivity index (χ0v) is 15.6. The Hall–Kier alpha value is -4.00. The number of pyridine rings is 1. The minimum absolute atomic E-state index is 0.0682. The van der Waals surface area contributed by atoms with E-state index in [9.17, 15) is 19.5 Å². The lowest BCUT2D eigenvalue weighted by Crippen LogP contribution is -2.37. The van der Waals surface area contributed by atoms with Gasteiger partial charge in [-0.25, -0.2) is 9.78 Å². The maximum absolute atomic E-state index is 13.3. The van der Waals surface area contributed by atoms with Gasteiger partial charge in [0.25, 0.3) is 5.56 Å². The van der Waals surface area contributed by atoms with Crippen molar-refractivity contribution in [1.29, 1.82) is 0 Å². The summed E-state index contributed by atoms with van der Waals surface area (Å²) in [4.78, 5) is 43.4. The van der Waals surface area contributed by atoms with Gasteiger partial charge in [0.05, 0.1) is 16.6 Å². The molecule has 4 aromatic rings. The molecular formula is C22H15N3O4. The smallest absolute Gasteiger partial charge is 0.332 e. The summed E-state index contributed by atoms with van der Waals surface area (Å²) in [7, 11) is 2.95. The fourth-order valence-electron chi connectivity index (χ4n) is 3.94. The number of aromatic hydroxyl groups is 1. The van der Waals surface area contributed by atoms with Crippen LogP contribution in [0.2, 0.25) is 0 Å². The van der Waals surface area contributed by atoms with Gasteiger partial charge in [0.15, 0.2) is 11.4 Å². The number of aromatic nitrogens is 3. The van der Waals surface area contributed by atoms with E-state index < -0.39 is 11.2 Å². The molecule has 0 fully saturated rings. The number of carbonyl (C=O) groups excluding carboxylic acids is 1. The van der Waals surface area contributed by atoms with Crippen LogP contribution in [0, 0.1) is 0 Å². The SMILES string of the molecule is Cn1c(=O)c2c(-c3ccc(O)cc3)c3c(nc2n(C)c1=O)-c1ccccc1C3=O. The molecule has 2 aromatic carbocycles. The van der Waals surface area contributed by atoms with Gasteiger partial charge in [-0.1, -0.05) is 36.4 Å². The van der Waals surface area contributed by atoms with E-state index in [4.69, 9.17) is 0 Å². The van der Waals surface area contributed by atoms with Gasteiger partial charge in [0.1, 0.15) is 5.75 Å². The average molecular weight is 385 g/mol. The van der Waals surface area contributed by atoms with Gasteiger partial charge in [-0.3, -0.25) is 18.7 Å². The Labute approximate surface area is 164 Å². The molecule has 142 valence electrons. The Morgan fingerprint density at radius 3 is 2.17 bits per heavy atom. The van der Waals surface area contributed by atoms with Crippen LogP contribution in [0.15, 0.2) is 58.1 Å². The molecule has 7 nitrogen and oxygen atoms in total. The molecule has 0 aliphatic heterocycles. The second-order valence-corrected chi connectivity index (χ2v) is 7.04. The molecule has 7 heteroatoms. The van der Waals surface area contributed by atoms with E-state index in [1.54, 1.807) is 37.4 Å². The van der Waals surface area contributed by atoms with Crippen molar-refractivity contribution in [2.24, 2.45) is 14.1 Å². The second kappa shape index (κ2) is 5.75. The molecule has 5 rings (SSSR count). The largest absolute Gasteiger partial charge is 0.508 e. The third-order valence-electron chi connectivity index (χ3n) is 5.40. The number of nitrogens with zero attached hydrogens (tertiary/aromatic N) is 3. The van der Waals surface area contributed by atoms with Crippen molar-refractivity contribution in [3.63, 3.8) is 0 Å². The van der Waals surface area contributed by atoms with Crippen LogP contribution in [0.1, 0.15) is 15.9 Å². The molecule has 0 saturated heterocycles. The molecule has 0 radical (unpaired) electrons. The summed E-state index contributed by atoms with van der Waals surface area (Å²) >= 11 is 0. The third-order valence-corrected chi connectivity index (χ3v) is 5.40. The molecule has 1 N–H and O–H groups in total.